The van der Waals surface area contributed by atoms with Crippen LogP contribution in [0.3, 0.4) is 0 Å². The molecule has 0 heterocycles. The number of carbonyl (C=O) groups excluding carboxylic acids is 1. The molecule has 1 atom stereocenters. The molecule has 2 aromatic rings. The Morgan fingerprint density at radius 2 is 1.78 bits per heavy atom. The van der Waals surface area contributed by atoms with E-state index in [0.29, 0.717) is 6.61 Å². The summed E-state index contributed by atoms with van der Waals surface area (Å²) in [5, 5.41) is 0. The van der Waals surface area contributed by atoms with Crippen molar-refractivity contribution in [1.29, 1.82) is 0 Å². The number of carbonyl (C=O) groups is 1. The lowest BCUT2D eigenvalue weighted by molar-refractivity contribution is -0.126. The second-order valence-electron chi connectivity index (χ2n) is 5.37. The first kappa shape index (κ1) is 16.8. The maximum atomic E-state index is 12.3. The van der Waals surface area contributed by atoms with Crippen molar-refractivity contribution in [2.75, 3.05) is 13.7 Å². The van der Waals surface area contributed by atoms with Crippen LogP contribution in [0, 0.1) is 0 Å². The molecule has 0 aliphatic carbocycles. The smallest absolute Gasteiger partial charge is 0.246 e. The maximum Gasteiger partial charge on any atom is 0.246 e. The van der Waals surface area contributed by atoms with Crippen molar-refractivity contribution < 1.29 is 9.53 Å². The topological polar surface area (TPSA) is 29.5 Å². The second-order valence-corrected chi connectivity index (χ2v) is 5.37. The van der Waals surface area contributed by atoms with Crippen molar-refractivity contribution >= 4 is 12.0 Å². The molecule has 120 valence electrons. The second kappa shape index (κ2) is 8.18. The van der Waals surface area contributed by atoms with Crippen LogP contribution < -0.4 is 4.74 Å². The molecule has 3 nitrogen and oxygen atoms in total. The lowest BCUT2D eigenvalue weighted by Crippen LogP contribution is -2.27. The van der Waals surface area contributed by atoms with Crippen LogP contribution in [0.25, 0.3) is 6.08 Å². The van der Waals surface area contributed by atoms with Crippen molar-refractivity contribution in [3.05, 3.63) is 71.8 Å². The van der Waals surface area contributed by atoms with Gasteiger partial charge in [-0.05, 0) is 43.2 Å². The van der Waals surface area contributed by atoms with Crippen molar-refractivity contribution in [2.45, 2.75) is 19.9 Å². The van der Waals surface area contributed by atoms with E-state index in [2.05, 4.69) is 0 Å². The van der Waals surface area contributed by atoms with Gasteiger partial charge in [0, 0.05) is 13.1 Å². The molecule has 0 N–H and O–H groups in total. The Bertz CT molecular complexity index is 647. The number of likely N-dealkylation sites (N-methyl/N-ethyl adjacent to an activating group) is 1. The highest BCUT2D eigenvalue weighted by Crippen LogP contribution is 2.19. The molecule has 3 heteroatoms. The van der Waals surface area contributed by atoms with E-state index in [1.807, 2.05) is 81.6 Å². The fourth-order valence-electron chi connectivity index (χ4n) is 2.27. The predicted molar refractivity (Wildman–Crippen MR) is 94.3 cm³/mol. The Kier molecular flexibility index (Phi) is 5.98. The van der Waals surface area contributed by atoms with Crippen LogP contribution in [0.5, 0.6) is 5.75 Å². The van der Waals surface area contributed by atoms with E-state index in [-0.39, 0.29) is 11.9 Å². The average Bonchev–Trinajstić information content (AvgIpc) is 2.60. The van der Waals surface area contributed by atoms with E-state index in [0.717, 1.165) is 16.9 Å². The molecular formula is C20H23NO2. The quantitative estimate of drug-likeness (QED) is 0.744. The Labute approximate surface area is 138 Å². The van der Waals surface area contributed by atoms with Crippen LogP contribution in [0.2, 0.25) is 0 Å². The van der Waals surface area contributed by atoms with Gasteiger partial charge in [-0.2, -0.15) is 0 Å². The maximum absolute atomic E-state index is 12.3. The standard InChI is InChI=1S/C20H23NO2/c1-4-23-19-13-10-17(11-14-19)12-15-20(22)21(3)16(2)18-8-6-5-7-9-18/h5-16H,4H2,1-3H3/b15-12+. The molecule has 0 fully saturated rings. The van der Waals surface area contributed by atoms with Crippen molar-refractivity contribution in [2.24, 2.45) is 0 Å². The molecule has 2 rings (SSSR count). The molecule has 1 amide bonds. The third-order valence-corrected chi connectivity index (χ3v) is 3.82. The van der Waals surface area contributed by atoms with Crippen LogP contribution in [0.1, 0.15) is 31.0 Å². The number of amides is 1. The monoisotopic (exact) mass is 309 g/mol. The van der Waals surface area contributed by atoms with Crippen LogP contribution in [0.4, 0.5) is 0 Å². The summed E-state index contributed by atoms with van der Waals surface area (Å²) in [4.78, 5) is 14.1. The van der Waals surface area contributed by atoms with Gasteiger partial charge in [0.1, 0.15) is 5.75 Å². The van der Waals surface area contributed by atoms with E-state index >= 15 is 0 Å². The zero-order chi connectivity index (χ0) is 16.7. The zero-order valence-electron chi connectivity index (χ0n) is 13.9. The van der Waals surface area contributed by atoms with Gasteiger partial charge in [-0.15, -0.1) is 0 Å². The summed E-state index contributed by atoms with van der Waals surface area (Å²) in [7, 11) is 1.82. The van der Waals surface area contributed by atoms with Gasteiger partial charge in [0.05, 0.1) is 12.6 Å². The Hall–Kier alpha value is -2.55. The summed E-state index contributed by atoms with van der Waals surface area (Å²) >= 11 is 0. The fourth-order valence-corrected chi connectivity index (χ4v) is 2.27. The van der Waals surface area contributed by atoms with E-state index in [9.17, 15) is 4.79 Å². The van der Waals surface area contributed by atoms with Crippen LogP contribution in [0.15, 0.2) is 60.7 Å². The minimum atomic E-state index is -0.0183. The van der Waals surface area contributed by atoms with Crippen LogP contribution in [-0.2, 0) is 4.79 Å². The molecule has 0 radical (unpaired) electrons. The van der Waals surface area contributed by atoms with Gasteiger partial charge in [-0.1, -0.05) is 42.5 Å². The average molecular weight is 309 g/mol. The molecule has 0 saturated carbocycles. The van der Waals surface area contributed by atoms with Gasteiger partial charge >= 0.3 is 0 Å². The molecular weight excluding hydrogens is 286 g/mol. The minimum absolute atomic E-state index is 0.0183. The van der Waals surface area contributed by atoms with Gasteiger partial charge in [0.15, 0.2) is 0 Å². The number of benzene rings is 2. The van der Waals surface area contributed by atoms with Gasteiger partial charge in [-0.25, -0.2) is 0 Å². The summed E-state index contributed by atoms with van der Waals surface area (Å²) in [5.74, 6) is 0.820. The number of rotatable bonds is 6. The summed E-state index contributed by atoms with van der Waals surface area (Å²) in [6, 6.07) is 17.7. The number of ether oxygens (including phenoxy) is 1. The molecule has 2 aromatic carbocycles. The normalized spacial score (nSPS) is 12.1. The highest BCUT2D eigenvalue weighted by Gasteiger charge is 2.14. The molecule has 0 bridgehead atoms. The Morgan fingerprint density at radius 3 is 2.39 bits per heavy atom. The molecule has 1 unspecified atom stereocenters. The van der Waals surface area contributed by atoms with Crippen molar-refractivity contribution in [3.8, 4) is 5.75 Å². The highest BCUT2D eigenvalue weighted by atomic mass is 16.5. The SMILES string of the molecule is CCOc1ccc(/C=C/C(=O)N(C)C(C)c2ccccc2)cc1. The zero-order valence-corrected chi connectivity index (χ0v) is 13.9. The molecule has 0 aliphatic heterocycles. The minimum Gasteiger partial charge on any atom is -0.494 e. The molecule has 0 spiro atoms. The van der Waals surface area contributed by atoms with Gasteiger partial charge in [-0.3, -0.25) is 4.79 Å². The first-order valence-electron chi connectivity index (χ1n) is 7.84. The molecule has 0 saturated heterocycles. The summed E-state index contributed by atoms with van der Waals surface area (Å²) in [5.41, 5.74) is 2.10. The predicted octanol–water partition coefficient (Wildman–Crippen LogP) is 4.32. The number of nitrogens with zero attached hydrogens (tertiary/aromatic N) is 1. The summed E-state index contributed by atoms with van der Waals surface area (Å²) in [6.07, 6.45) is 3.43. The van der Waals surface area contributed by atoms with Crippen molar-refractivity contribution in [1.82, 2.24) is 4.90 Å². The number of hydrogen-bond acceptors (Lipinski definition) is 2. The summed E-state index contributed by atoms with van der Waals surface area (Å²) in [6.45, 7) is 4.63. The van der Waals surface area contributed by atoms with E-state index in [1.54, 1.807) is 11.0 Å². The first-order valence-corrected chi connectivity index (χ1v) is 7.84. The third-order valence-electron chi connectivity index (χ3n) is 3.82. The Balaban J connectivity index is 2.00. The van der Waals surface area contributed by atoms with E-state index in [4.69, 9.17) is 4.74 Å². The van der Waals surface area contributed by atoms with Gasteiger partial charge in [0.25, 0.3) is 0 Å². The largest absolute Gasteiger partial charge is 0.494 e. The van der Waals surface area contributed by atoms with Gasteiger partial charge in [0.2, 0.25) is 5.91 Å². The summed E-state index contributed by atoms with van der Waals surface area (Å²) < 4.78 is 5.41. The third kappa shape index (κ3) is 4.71. The first-order chi connectivity index (χ1) is 11.1. The van der Waals surface area contributed by atoms with E-state index < -0.39 is 0 Å². The lowest BCUT2D eigenvalue weighted by atomic mass is 10.1. The van der Waals surface area contributed by atoms with Crippen molar-refractivity contribution in [3.63, 3.8) is 0 Å². The number of hydrogen-bond donors (Lipinski definition) is 0. The fraction of sp³-hybridized carbons (Fsp3) is 0.250. The molecule has 0 aromatic heterocycles. The lowest BCUT2D eigenvalue weighted by Gasteiger charge is -2.24. The molecule has 23 heavy (non-hydrogen) atoms. The molecule has 0 aliphatic rings. The Morgan fingerprint density at radius 1 is 1.13 bits per heavy atom. The van der Waals surface area contributed by atoms with Crippen LogP contribution >= 0.6 is 0 Å². The van der Waals surface area contributed by atoms with E-state index in [1.165, 1.54) is 0 Å². The van der Waals surface area contributed by atoms with Gasteiger partial charge < -0.3 is 9.64 Å². The highest BCUT2D eigenvalue weighted by molar-refractivity contribution is 5.91. The van der Waals surface area contributed by atoms with Crippen LogP contribution in [-0.4, -0.2) is 24.5 Å².